The van der Waals surface area contributed by atoms with Crippen molar-refractivity contribution in [2.75, 3.05) is 0 Å². The van der Waals surface area contributed by atoms with Crippen molar-refractivity contribution >= 4 is 0 Å². The topological polar surface area (TPSA) is 25.8 Å². The fourth-order valence-corrected chi connectivity index (χ4v) is 5.07. The van der Waals surface area contributed by atoms with Crippen LogP contribution in [0.1, 0.15) is 109 Å². The Morgan fingerprint density at radius 1 is 0.645 bits per heavy atom. The van der Waals surface area contributed by atoms with Gasteiger partial charge < -0.3 is 0 Å². The Morgan fingerprint density at radius 2 is 1.32 bits per heavy atom. The molecule has 0 N–H and O–H groups in total. The molecular weight excluding hydrogens is 376 g/mol. The summed E-state index contributed by atoms with van der Waals surface area (Å²) in [6, 6.07) is 13.3. The van der Waals surface area contributed by atoms with Crippen LogP contribution in [-0.4, -0.2) is 10.2 Å². The van der Waals surface area contributed by atoms with Crippen molar-refractivity contribution < 1.29 is 0 Å². The van der Waals surface area contributed by atoms with Gasteiger partial charge >= 0.3 is 0 Å². The molecule has 0 amide bonds. The summed E-state index contributed by atoms with van der Waals surface area (Å²) in [5.41, 5.74) is 4.77. The van der Waals surface area contributed by atoms with Gasteiger partial charge in [-0.3, -0.25) is 0 Å². The highest BCUT2D eigenvalue weighted by Crippen LogP contribution is 2.34. The maximum atomic E-state index is 4.49. The summed E-state index contributed by atoms with van der Waals surface area (Å²) in [5, 5.41) is 8.96. The van der Waals surface area contributed by atoms with Crippen molar-refractivity contribution in [2.24, 2.45) is 11.8 Å². The zero-order valence-electron chi connectivity index (χ0n) is 20.1. The first kappa shape index (κ1) is 24.0. The molecule has 0 unspecified atom stereocenters. The van der Waals surface area contributed by atoms with E-state index in [9.17, 15) is 0 Å². The molecule has 1 aliphatic carbocycles. The minimum Gasteiger partial charge on any atom is -0.155 e. The van der Waals surface area contributed by atoms with Gasteiger partial charge in [0.05, 0.1) is 11.4 Å². The van der Waals surface area contributed by atoms with Gasteiger partial charge in [-0.1, -0.05) is 109 Å². The Balaban J connectivity index is 1.40. The van der Waals surface area contributed by atoms with Crippen molar-refractivity contribution in [3.63, 3.8) is 0 Å². The third-order valence-corrected chi connectivity index (χ3v) is 7.28. The lowest BCUT2D eigenvalue weighted by Crippen LogP contribution is -2.15. The first-order valence-electron chi connectivity index (χ1n) is 13.2. The van der Waals surface area contributed by atoms with E-state index in [1.807, 2.05) is 0 Å². The Labute approximate surface area is 191 Å². The van der Waals surface area contributed by atoms with Crippen LogP contribution in [0, 0.1) is 11.8 Å². The predicted molar refractivity (Wildman–Crippen MR) is 133 cm³/mol. The Bertz CT molecular complexity index is 711. The molecule has 1 saturated carbocycles. The van der Waals surface area contributed by atoms with E-state index in [1.54, 1.807) is 0 Å². The molecule has 0 radical (unpaired) electrons. The summed E-state index contributed by atoms with van der Waals surface area (Å²) in [7, 11) is 0. The van der Waals surface area contributed by atoms with Gasteiger partial charge in [-0.15, -0.1) is 0 Å². The second-order valence-electron chi connectivity index (χ2n) is 9.84. The number of nitrogens with zero attached hydrogens (tertiary/aromatic N) is 2. The standard InChI is InChI=1S/C29H44N2/c1-3-5-7-8-9-11-28-22-23-29(31-30-28)27-20-18-26(19-21-27)17-16-25-14-12-24(13-15-25)10-6-4-2/h18-25H,3-17H2,1-2H3. The molecule has 31 heavy (non-hydrogen) atoms. The van der Waals surface area contributed by atoms with Gasteiger partial charge in [0.25, 0.3) is 0 Å². The van der Waals surface area contributed by atoms with E-state index in [0.29, 0.717) is 0 Å². The van der Waals surface area contributed by atoms with Gasteiger partial charge in [0.2, 0.25) is 0 Å². The lowest BCUT2D eigenvalue weighted by molar-refractivity contribution is 0.250. The maximum Gasteiger partial charge on any atom is 0.0929 e. The van der Waals surface area contributed by atoms with Crippen molar-refractivity contribution in [1.29, 1.82) is 0 Å². The van der Waals surface area contributed by atoms with E-state index >= 15 is 0 Å². The molecule has 0 aliphatic heterocycles. The average molecular weight is 421 g/mol. The first-order valence-corrected chi connectivity index (χ1v) is 13.2. The Hall–Kier alpha value is -1.70. The second kappa shape index (κ2) is 13.7. The van der Waals surface area contributed by atoms with E-state index in [2.05, 4.69) is 60.4 Å². The van der Waals surface area contributed by atoms with Crippen LogP contribution < -0.4 is 0 Å². The van der Waals surface area contributed by atoms with Crippen LogP contribution in [0.3, 0.4) is 0 Å². The first-order chi connectivity index (χ1) is 15.3. The molecule has 2 aromatic rings. The lowest BCUT2D eigenvalue weighted by Gasteiger charge is -2.28. The van der Waals surface area contributed by atoms with Crippen LogP contribution in [0.4, 0.5) is 0 Å². The highest BCUT2D eigenvalue weighted by atomic mass is 15.1. The largest absolute Gasteiger partial charge is 0.155 e. The van der Waals surface area contributed by atoms with Crippen LogP contribution in [0.5, 0.6) is 0 Å². The van der Waals surface area contributed by atoms with Crippen LogP contribution in [0.25, 0.3) is 11.3 Å². The van der Waals surface area contributed by atoms with E-state index in [-0.39, 0.29) is 0 Å². The predicted octanol–water partition coefficient (Wildman–Crippen LogP) is 8.59. The molecule has 1 fully saturated rings. The number of rotatable bonds is 13. The molecule has 1 aromatic carbocycles. The van der Waals surface area contributed by atoms with Crippen LogP contribution in [0.15, 0.2) is 36.4 Å². The summed E-state index contributed by atoms with van der Waals surface area (Å²) >= 11 is 0. The fourth-order valence-electron chi connectivity index (χ4n) is 5.07. The number of hydrogen-bond donors (Lipinski definition) is 0. The Kier molecular flexibility index (Phi) is 10.6. The van der Waals surface area contributed by atoms with Gasteiger partial charge in [0.1, 0.15) is 0 Å². The molecule has 170 valence electrons. The highest BCUT2D eigenvalue weighted by molar-refractivity contribution is 5.58. The highest BCUT2D eigenvalue weighted by Gasteiger charge is 2.20. The van der Waals surface area contributed by atoms with Crippen molar-refractivity contribution in [2.45, 2.75) is 110 Å². The van der Waals surface area contributed by atoms with E-state index in [1.165, 1.54) is 101 Å². The van der Waals surface area contributed by atoms with Gasteiger partial charge in [0, 0.05) is 5.56 Å². The molecule has 1 aromatic heterocycles. The molecule has 0 bridgehead atoms. The quantitative estimate of drug-likeness (QED) is 0.303. The summed E-state index contributed by atoms with van der Waals surface area (Å²) in [4.78, 5) is 0. The molecule has 1 aliphatic rings. The molecule has 2 nitrogen and oxygen atoms in total. The molecular formula is C29H44N2. The fraction of sp³-hybridized carbons (Fsp3) is 0.655. The third kappa shape index (κ3) is 8.39. The lowest BCUT2D eigenvalue weighted by atomic mass is 9.78. The minimum absolute atomic E-state index is 0.943. The van der Waals surface area contributed by atoms with Crippen LogP contribution >= 0.6 is 0 Å². The minimum atomic E-state index is 0.943. The summed E-state index contributed by atoms with van der Waals surface area (Å²) in [5.74, 6) is 1.96. The second-order valence-corrected chi connectivity index (χ2v) is 9.84. The van der Waals surface area contributed by atoms with Gasteiger partial charge in [-0.25, -0.2) is 0 Å². The number of aromatic nitrogens is 2. The van der Waals surface area contributed by atoms with Crippen molar-refractivity contribution in [3.8, 4) is 11.3 Å². The summed E-state index contributed by atoms with van der Waals surface area (Å²) in [6.07, 6.45) is 20.2. The van der Waals surface area contributed by atoms with Gasteiger partial charge in [0.15, 0.2) is 0 Å². The van der Waals surface area contributed by atoms with E-state index in [0.717, 1.165) is 29.6 Å². The van der Waals surface area contributed by atoms with Crippen LogP contribution in [-0.2, 0) is 12.8 Å². The number of aryl methyl sites for hydroxylation is 2. The van der Waals surface area contributed by atoms with Crippen molar-refractivity contribution in [3.05, 3.63) is 47.7 Å². The number of benzene rings is 1. The maximum absolute atomic E-state index is 4.49. The molecule has 0 spiro atoms. The molecule has 2 heteroatoms. The van der Waals surface area contributed by atoms with E-state index < -0.39 is 0 Å². The molecule has 0 atom stereocenters. The van der Waals surface area contributed by atoms with Crippen LogP contribution in [0.2, 0.25) is 0 Å². The molecule has 0 saturated heterocycles. The SMILES string of the molecule is CCCCCCCc1ccc(-c2ccc(CCC3CCC(CCCC)CC3)cc2)nn1. The Morgan fingerprint density at radius 3 is 1.97 bits per heavy atom. The summed E-state index contributed by atoms with van der Waals surface area (Å²) < 4.78 is 0. The smallest absolute Gasteiger partial charge is 0.0929 e. The zero-order valence-corrected chi connectivity index (χ0v) is 20.1. The van der Waals surface area contributed by atoms with Gasteiger partial charge in [-0.05, 0) is 55.2 Å². The van der Waals surface area contributed by atoms with Gasteiger partial charge in [-0.2, -0.15) is 10.2 Å². The number of unbranched alkanes of at least 4 members (excludes halogenated alkanes) is 5. The number of hydrogen-bond acceptors (Lipinski definition) is 2. The summed E-state index contributed by atoms with van der Waals surface area (Å²) in [6.45, 7) is 4.58. The molecule has 3 rings (SSSR count). The monoisotopic (exact) mass is 420 g/mol. The van der Waals surface area contributed by atoms with Crippen molar-refractivity contribution in [1.82, 2.24) is 10.2 Å². The zero-order chi connectivity index (χ0) is 21.7. The average Bonchev–Trinajstić information content (AvgIpc) is 2.83. The third-order valence-electron chi connectivity index (χ3n) is 7.28. The van der Waals surface area contributed by atoms with E-state index in [4.69, 9.17) is 0 Å². The molecule has 1 heterocycles. The normalized spacial score (nSPS) is 18.9.